The Morgan fingerprint density at radius 2 is 0.938 bits per heavy atom. The van der Waals surface area contributed by atoms with Gasteiger partial charge in [0.2, 0.25) is 0 Å². The lowest BCUT2D eigenvalue weighted by Crippen LogP contribution is -2.33. The van der Waals surface area contributed by atoms with Gasteiger partial charge in [0, 0.05) is 22.4 Å². The molecule has 5 aliphatic rings. The summed E-state index contributed by atoms with van der Waals surface area (Å²) < 4.78 is 0. The monoisotopic (exact) mass is 839 g/mol. The largest absolute Gasteiger partial charge is 0.310 e. The second-order valence-corrected chi connectivity index (χ2v) is 21.7. The van der Waals surface area contributed by atoms with Crippen molar-refractivity contribution in [2.75, 3.05) is 4.90 Å². The van der Waals surface area contributed by atoms with Crippen molar-refractivity contribution in [1.82, 2.24) is 0 Å². The van der Waals surface area contributed by atoms with Gasteiger partial charge in [-0.25, -0.2) is 0 Å². The molecular formula is C64H57N. The van der Waals surface area contributed by atoms with E-state index in [4.69, 9.17) is 0 Å². The first-order valence-electron chi connectivity index (χ1n) is 24.3. The molecule has 65 heavy (non-hydrogen) atoms. The van der Waals surface area contributed by atoms with Crippen LogP contribution in [0.3, 0.4) is 0 Å². The van der Waals surface area contributed by atoms with Crippen LogP contribution in [0.2, 0.25) is 0 Å². The Kier molecular flexibility index (Phi) is 8.13. The topological polar surface area (TPSA) is 3.24 Å². The molecule has 0 aliphatic heterocycles. The molecule has 0 bridgehead atoms. The molecule has 0 unspecified atom stereocenters. The predicted molar refractivity (Wildman–Crippen MR) is 272 cm³/mol. The van der Waals surface area contributed by atoms with Crippen molar-refractivity contribution in [3.8, 4) is 44.5 Å². The number of rotatable bonds is 4. The average Bonchev–Trinajstić information content (AvgIpc) is 3.88. The molecule has 0 saturated carbocycles. The van der Waals surface area contributed by atoms with Gasteiger partial charge in [-0.3, -0.25) is 0 Å². The third-order valence-corrected chi connectivity index (χ3v) is 17.0. The number of benzene rings is 8. The fraction of sp³-hybridized carbons (Fsp3) is 0.250. The highest BCUT2D eigenvalue weighted by Gasteiger charge is 2.52. The summed E-state index contributed by atoms with van der Waals surface area (Å²) in [7, 11) is 0. The first kappa shape index (κ1) is 39.0. The second kappa shape index (κ2) is 13.6. The summed E-state index contributed by atoms with van der Waals surface area (Å²) in [6, 6.07) is 64.2. The molecule has 8 aromatic carbocycles. The van der Waals surface area contributed by atoms with Crippen LogP contribution in [0.25, 0.3) is 44.5 Å². The first-order chi connectivity index (χ1) is 31.5. The maximum Gasteiger partial charge on any atom is 0.0726 e. The van der Waals surface area contributed by atoms with Gasteiger partial charge in [-0.15, -0.1) is 0 Å². The van der Waals surface area contributed by atoms with E-state index in [2.05, 4.69) is 210 Å². The van der Waals surface area contributed by atoms with Crippen LogP contribution in [-0.4, -0.2) is 0 Å². The van der Waals surface area contributed by atoms with Crippen molar-refractivity contribution < 1.29 is 0 Å². The molecule has 13 rings (SSSR count). The van der Waals surface area contributed by atoms with E-state index in [1.807, 2.05) is 0 Å². The van der Waals surface area contributed by atoms with Crippen LogP contribution in [0, 0.1) is 0 Å². The molecule has 1 heteroatoms. The van der Waals surface area contributed by atoms with Crippen LogP contribution in [-0.2, 0) is 34.5 Å². The lowest BCUT2D eigenvalue weighted by molar-refractivity contribution is 0.332. The summed E-state index contributed by atoms with van der Waals surface area (Å²) in [5, 5.41) is 0. The zero-order chi connectivity index (χ0) is 44.0. The molecule has 0 amide bonds. The Labute approximate surface area is 385 Å². The van der Waals surface area contributed by atoms with Crippen molar-refractivity contribution in [3.63, 3.8) is 0 Å². The zero-order valence-corrected chi connectivity index (χ0v) is 38.8. The number of anilines is 3. The SMILES string of the molecule is CC1(C)CCC(C)(C)c2cc(-c3cc4c(cc3N(c3ccc5c(c3)C(C)(C)c3ccccc3-5)c3cccc5c3CCCC5)C3(c5ccccc5-c5ccccc53)c3ccccc3-4)ccc21. The van der Waals surface area contributed by atoms with E-state index < -0.39 is 5.41 Å². The molecule has 0 saturated heterocycles. The highest BCUT2D eigenvalue weighted by Crippen LogP contribution is 2.65. The third-order valence-electron chi connectivity index (χ3n) is 17.0. The van der Waals surface area contributed by atoms with Crippen LogP contribution in [0.15, 0.2) is 164 Å². The van der Waals surface area contributed by atoms with E-state index in [-0.39, 0.29) is 16.2 Å². The zero-order valence-electron chi connectivity index (χ0n) is 38.8. The van der Waals surface area contributed by atoms with Crippen LogP contribution >= 0.6 is 0 Å². The van der Waals surface area contributed by atoms with Gasteiger partial charge < -0.3 is 4.90 Å². The number of fused-ring (bicyclic) bond motifs is 15. The fourth-order valence-electron chi connectivity index (χ4n) is 13.5. The smallest absolute Gasteiger partial charge is 0.0726 e. The van der Waals surface area contributed by atoms with Crippen molar-refractivity contribution in [2.24, 2.45) is 0 Å². The van der Waals surface area contributed by atoms with E-state index >= 15 is 0 Å². The summed E-state index contributed by atoms with van der Waals surface area (Å²) in [6.45, 7) is 14.7. The number of aryl methyl sites for hydroxylation is 1. The standard InChI is InChI=1S/C64H57N/c1-61(2)34-35-62(3,4)58-36-41(30-33-55(58)61)49-38-50-47-24-12-16-28-54(47)64(52-26-14-10-22-45(52)46-23-11-15-27-53(46)64)57(50)39-60(49)65(59-29-17-19-40-18-7-8-20-43(40)59)42-31-32-48-44-21-9-13-25-51(44)63(5,6)56(48)37-42/h9-17,19,21-33,36-39H,7-8,18,20,34-35H2,1-6H3. The van der Waals surface area contributed by atoms with E-state index in [1.165, 1.54) is 143 Å². The number of hydrogen-bond acceptors (Lipinski definition) is 1. The Morgan fingerprint density at radius 3 is 1.62 bits per heavy atom. The second-order valence-electron chi connectivity index (χ2n) is 21.7. The minimum atomic E-state index is -0.461. The first-order valence-corrected chi connectivity index (χ1v) is 24.3. The molecule has 0 fully saturated rings. The average molecular weight is 840 g/mol. The highest BCUT2D eigenvalue weighted by atomic mass is 15.1. The van der Waals surface area contributed by atoms with Gasteiger partial charge in [0.15, 0.2) is 0 Å². The molecule has 5 aliphatic carbocycles. The fourth-order valence-corrected chi connectivity index (χ4v) is 13.5. The van der Waals surface area contributed by atoms with Gasteiger partial charge >= 0.3 is 0 Å². The molecule has 8 aromatic rings. The Bertz CT molecular complexity index is 3270. The molecule has 0 N–H and O–H groups in total. The van der Waals surface area contributed by atoms with Gasteiger partial charge in [0.25, 0.3) is 0 Å². The summed E-state index contributed by atoms with van der Waals surface area (Å²) in [6.07, 6.45) is 7.04. The van der Waals surface area contributed by atoms with Gasteiger partial charge in [0.1, 0.15) is 0 Å². The third kappa shape index (κ3) is 5.27. The molecule has 0 heterocycles. The van der Waals surface area contributed by atoms with Gasteiger partial charge in [-0.05, 0) is 174 Å². The van der Waals surface area contributed by atoms with E-state index in [0.717, 1.165) is 12.8 Å². The van der Waals surface area contributed by atoms with Crippen molar-refractivity contribution in [2.45, 2.75) is 102 Å². The van der Waals surface area contributed by atoms with E-state index in [9.17, 15) is 0 Å². The van der Waals surface area contributed by atoms with Crippen molar-refractivity contribution >= 4 is 17.1 Å². The lowest BCUT2D eigenvalue weighted by atomic mass is 9.63. The van der Waals surface area contributed by atoms with Gasteiger partial charge in [0.05, 0.1) is 11.1 Å². The normalized spacial score (nSPS) is 17.8. The van der Waals surface area contributed by atoms with Crippen molar-refractivity contribution in [1.29, 1.82) is 0 Å². The van der Waals surface area contributed by atoms with Crippen LogP contribution < -0.4 is 4.90 Å². The Balaban J connectivity index is 1.16. The number of nitrogens with zero attached hydrogens (tertiary/aromatic N) is 1. The van der Waals surface area contributed by atoms with E-state index in [0.29, 0.717) is 0 Å². The maximum absolute atomic E-state index is 2.71. The van der Waals surface area contributed by atoms with Crippen LogP contribution in [0.5, 0.6) is 0 Å². The Morgan fingerprint density at radius 1 is 0.369 bits per heavy atom. The lowest BCUT2D eigenvalue weighted by Gasteiger charge is -2.42. The molecular weight excluding hydrogens is 783 g/mol. The molecule has 0 radical (unpaired) electrons. The molecule has 1 nitrogen and oxygen atoms in total. The number of hydrogen-bond donors (Lipinski definition) is 0. The predicted octanol–water partition coefficient (Wildman–Crippen LogP) is 16.7. The van der Waals surface area contributed by atoms with Crippen molar-refractivity contribution in [3.05, 3.63) is 219 Å². The summed E-state index contributed by atoms with van der Waals surface area (Å²) in [4.78, 5) is 2.71. The highest BCUT2D eigenvalue weighted by molar-refractivity contribution is 6.01. The summed E-state index contributed by atoms with van der Waals surface area (Å²) in [5.41, 5.74) is 28.3. The van der Waals surface area contributed by atoms with Crippen LogP contribution in [0.4, 0.5) is 17.1 Å². The Hall–Kier alpha value is -6.44. The molecule has 318 valence electrons. The summed E-state index contributed by atoms with van der Waals surface area (Å²) >= 11 is 0. The molecule has 1 spiro atoms. The van der Waals surface area contributed by atoms with Crippen LogP contribution in [0.1, 0.15) is 123 Å². The minimum absolute atomic E-state index is 0.0739. The van der Waals surface area contributed by atoms with Gasteiger partial charge in [-0.2, -0.15) is 0 Å². The minimum Gasteiger partial charge on any atom is -0.310 e. The summed E-state index contributed by atoms with van der Waals surface area (Å²) in [5.74, 6) is 0. The molecule has 0 atom stereocenters. The quantitative estimate of drug-likeness (QED) is 0.171. The van der Waals surface area contributed by atoms with E-state index in [1.54, 1.807) is 0 Å². The maximum atomic E-state index is 2.71. The molecule has 0 aromatic heterocycles. The van der Waals surface area contributed by atoms with Gasteiger partial charge in [-0.1, -0.05) is 175 Å².